The number of benzene rings is 1. The van der Waals surface area contributed by atoms with Crippen molar-refractivity contribution in [1.82, 2.24) is 19.9 Å². The molecule has 0 unspecified atom stereocenters. The zero-order valence-electron chi connectivity index (χ0n) is 15.9. The average molecular weight is 411 g/mol. The highest BCUT2D eigenvalue weighted by Crippen LogP contribution is 2.22. The van der Waals surface area contributed by atoms with E-state index < -0.39 is 6.04 Å². The molecule has 3 aromatic rings. The van der Waals surface area contributed by atoms with Crippen LogP contribution in [-0.2, 0) is 11.3 Å². The molecule has 1 saturated heterocycles. The second-order valence-electron chi connectivity index (χ2n) is 6.75. The van der Waals surface area contributed by atoms with Gasteiger partial charge in [0.2, 0.25) is 5.95 Å². The Morgan fingerprint density at radius 1 is 1.24 bits per heavy atom. The number of anilines is 1. The molecule has 1 atom stereocenters. The largest absolute Gasteiger partial charge is 0.326 e. The van der Waals surface area contributed by atoms with Crippen molar-refractivity contribution < 1.29 is 9.59 Å². The van der Waals surface area contributed by atoms with Crippen LogP contribution in [0.5, 0.6) is 0 Å². The minimum absolute atomic E-state index is 0.132. The molecule has 9 heteroatoms. The summed E-state index contributed by atoms with van der Waals surface area (Å²) in [6.07, 6.45) is 1.36. The number of carbonyl (C=O) groups is 2. The van der Waals surface area contributed by atoms with Crippen molar-refractivity contribution in [3.8, 4) is 0 Å². The molecule has 150 valence electrons. The minimum atomic E-state index is -0.556. The van der Waals surface area contributed by atoms with Crippen LogP contribution in [0.1, 0.15) is 29.4 Å². The van der Waals surface area contributed by atoms with Gasteiger partial charge in [-0.1, -0.05) is 18.2 Å². The van der Waals surface area contributed by atoms with E-state index in [0.29, 0.717) is 35.3 Å². The van der Waals surface area contributed by atoms with Gasteiger partial charge in [-0.25, -0.2) is 4.98 Å². The maximum Gasteiger partial charge on any atom is 0.264 e. The third-order valence-corrected chi connectivity index (χ3v) is 5.88. The first-order valence-corrected chi connectivity index (χ1v) is 10.4. The molecule has 0 spiro atoms. The molecular formula is C20H21N5O3S. The van der Waals surface area contributed by atoms with Gasteiger partial charge >= 0.3 is 0 Å². The second kappa shape index (κ2) is 8.04. The first-order chi connectivity index (χ1) is 14.1. The van der Waals surface area contributed by atoms with Crippen LogP contribution in [0.4, 0.5) is 5.95 Å². The van der Waals surface area contributed by atoms with Gasteiger partial charge in [-0.2, -0.15) is 0 Å². The van der Waals surface area contributed by atoms with Gasteiger partial charge in [0.1, 0.15) is 6.04 Å². The van der Waals surface area contributed by atoms with Crippen LogP contribution < -0.4 is 16.4 Å². The van der Waals surface area contributed by atoms with Crippen LogP contribution in [0.2, 0.25) is 0 Å². The Hall–Kier alpha value is -3.20. The smallest absolute Gasteiger partial charge is 0.264 e. The third-order valence-electron chi connectivity index (χ3n) is 5.02. The summed E-state index contributed by atoms with van der Waals surface area (Å²) < 4.78 is 1.46. The summed E-state index contributed by atoms with van der Waals surface area (Å²) in [5, 5.41) is 2.37. The van der Waals surface area contributed by atoms with Crippen LogP contribution >= 0.6 is 11.3 Å². The highest BCUT2D eigenvalue weighted by atomic mass is 32.1. The fourth-order valence-corrected chi connectivity index (χ4v) is 4.26. The van der Waals surface area contributed by atoms with Gasteiger partial charge in [-0.15, -0.1) is 11.3 Å². The summed E-state index contributed by atoms with van der Waals surface area (Å²) in [6, 6.07) is 10.1. The molecule has 1 aliphatic heterocycles. The SMILES string of the molecule is CCn1c(NNC(=O)[C@@H]2CCCN2C(=O)c2cccs2)nc2ccccc2c1=O. The van der Waals surface area contributed by atoms with Crippen molar-refractivity contribution in [2.75, 3.05) is 12.0 Å². The number of rotatable bonds is 5. The molecular weight excluding hydrogens is 390 g/mol. The Labute approximate surface area is 171 Å². The van der Waals surface area contributed by atoms with E-state index in [9.17, 15) is 14.4 Å². The molecule has 1 fully saturated rings. The van der Waals surface area contributed by atoms with Gasteiger partial charge in [0, 0.05) is 13.1 Å². The second-order valence-corrected chi connectivity index (χ2v) is 7.70. The van der Waals surface area contributed by atoms with Crippen molar-refractivity contribution in [2.45, 2.75) is 32.4 Å². The highest BCUT2D eigenvalue weighted by molar-refractivity contribution is 7.12. The summed E-state index contributed by atoms with van der Waals surface area (Å²) in [7, 11) is 0. The van der Waals surface area contributed by atoms with Crippen molar-refractivity contribution in [2.24, 2.45) is 0 Å². The summed E-state index contributed by atoms with van der Waals surface area (Å²) in [5.74, 6) is -0.192. The number of aromatic nitrogens is 2. The Balaban J connectivity index is 1.52. The molecule has 1 aromatic carbocycles. The molecule has 29 heavy (non-hydrogen) atoms. The molecule has 2 amide bonds. The van der Waals surface area contributed by atoms with Crippen molar-refractivity contribution in [3.63, 3.8) is 0 Å². The molecule has 0 radical (unpaired) electrons. The predicted octanol–water partition coefficient (Wildman–Crippen LogP) is 2.23. The van der Waals surface area contributed by atoms with E-state index >= 15 is 0 Å². The Morgan fingerprint density at radius 3 is 2.83 bits per heavy atom. The lowest BCUT2D eigenvalue weighted by Crippen LogP contribution is -2.48. The Morgan fingerprint density at radius 2 is 2.07 bits per heavy atom. The van der Waals surface area contributed by atoms with Crippen LogP contribution in [0.15, 0.2) is 46.6 Å². The lowest BCUT2D eigenvalue weighted by molar-refractivity contribution is -0.124. The number of hydrogen-bond donors (Lipinski definition) is 2. The highest BCUT2D eigenvalue weighted by Gasteiger charge is 2.35. The molecule has 4 rings (SSSR count). The number of nitrogens with one attached hydrogen (secondary N) is 2. The fourth-order valence-electron chi connectivity index (χ4n) is 3.58. The van der Waals surface area contributed by atoms with E-state index in [2.05, 4.69) is 15.8 Å². The zero-order valence-corrected chi connectivity index (χ0v) is 16.7. The maximum atomic E-state index is 12.8. The van der Waals surface area contributed by atoms with Gasteiger partial charge in [0.05, 0.1) is 15.8 Å². The van der Waals surface area contributed by atoms with Crippen LogP contribution in [-0.4, -0.2) is 38.9 Å². The van der Waals surface area contributed by atoms with Gasteiger partial charge in [0.15, 0.2) is 0 Å². The molecule has 0 aliphatic carbocycles. The lowest BCUT2D eigenvalue weighted by Gasteiger charge is -2.24. The van der Waals surface area contributed by atoms with Crippen LogP contribution in [0, 0.1) is 0 Å². The number of amides is 2. The van der Waals surface area contributed by atoms with Crippen molar-refractivity contribution >= 4 is 40.0 Å². The number of hydrogen-bond acceptors (Lipinski definition) is 6. The van der Waals surface area contributed by atoms with E-state index in [4.69, 9.17) is 0 Å². The number of para-hydroxylation sites is 1. The first-order valence-electron chi connectivity index (χ1n) is 9.50. The van der Waals surface area contributed by atoms with Gasteiger partial charge in [-0.05, 0) is 43.3 Å². The number of hydrazine groups is 1. The minimum Gasteiger partial charge on any atom is -0.326 e. The fraction of sp³-hybridized carbons (Fsp3) is 0.300. The summed E-state index contributed by atoms with van der Waals surface area (Å²) in [6.45, 7) is 2.78. The van der Waals surface area contributed by atoms with E-state index in [1.165, 1.54) is 15.9 Å². The third kappa shape index (κ3) is 3.61. The van der Waals surface area contributed by atoms with Crippen LogP contribution in [0.3, 0.4) is 0 Å². The zero-order chi connectivity index (χ0) is 20.4. The maximum absolute atomic E-state index is 12.8. The monoisotopic (exact) mass is 411 g/mol. The van der Waals surface area contributed by atoms with E-state index in [1.807, 2.05) is 18.4 Å². The number of carbonyl (C=O) groups excluding carboxylic acids is 2. The summed E-state index contributed by atoms with van der Waals surface area (Å²) >= 11 is 1.36. The molecule has 1 aliphatic rings. The van der Waals surface area contributed by atoms with Gasteiger partial charge < -0.3 is 4.90 Å². The summed E-state index contributed by atoms with van der Waals surface area (Å²) in [4.78, 5) is 44.8. The number of nitrogens with zero attached hydrogens (tertiary/aromatic N) is 3. The molecule has 8 nitrogen and oxygen atoms in total. The van der Waals surface area contributed by atoms with E-state index in [1.54, 1.807) is 35.2 Å². The molecule has 0 saturated carbocycles. The van der Waals surface area contributed by atoms with Gasteiger partial charge in [-0.3, -0.25) is 29.8 Å². The molecule has 2 aromatic heterocycles. The first kappa shape index (κ1) is 19.1. The Bertz CT molecular complexity index is 1110. The topological polar surface area (TPSA) is 96.3 Å². The summed E-state index contributed by atoms with van der Waals surface area (Å²) in [5.41, 5.74) is 5.80. The standard InChI is InChI=1S/C20H21N5O3S/c1-2-24-18(27)13-7-3-4-8-14(13)21-20(24)23-22-17(26)15-9-5-11-25(15)19(28)16-10-6-12-29-16/h3-4,6-8,10,12,15H,2,5,9,11H2,1H3,(H,21,23)(H,22,26)/t15-/m0/s1. The van der Waals surface area contributed by atoms with E-state index in [0.717, 1.165) is 6.42 Å². The van der Waals surface area contributed by atoms with Crippen molar-refractivity contribution in [1.29, 1.82) is 0 Å². The van der Waals surface area contributed by atoms with Crippen molar-refractivity contribution in [3.05, 3.63) is 57.0 Å². The molecule has 2 N–H and O–H groups in total. The molecule has 3 heterocycles. The lowest BCUT2D eigenvalue weighted by atomic mass is 10.2. The van der Waals surface area contributed by atoms with E-state index in [-0.39, 0.29) is 23.3 Å². The Kier molecular flexibility index (Phi) is 5.30. The predicted molar refractivity (Wildman–Crippen MR) is 112 cm³/mol. The molecule has 0 bridgehead atoms. The number of likely N-dealkylation sites (tertiary alicyclic amines) is 1. The van der Waals surface area contributed by atoms with Crippen LogP contribution in [0.25, 0.3) is 10.9 Å². The average Bonchev–Trinajstić information content (AvgIpc) is 3.44. The van der Waals surface area contributed by atoms with Gasteiger partial charge in [0.25, 0.3) is 17.4 Å². The quantitative estimate of drug-likeness (QED) is 0.628. The number of thiophene rings is 1. The normalized spacial score (nSPS) is 16.2. The number of fused-ring (bicyclic) bond motifs is 1.